The molecule has 2 amide bonds. The third-order valence-corrected chi connectivity index (χ3v) is 6.84. The van der Waals surface area contributed by atoms with Crippen molar-refractivity contribution in [1.82, 2.24) is 20.3 Å². The fourth-order valence-corrected chi connectivity index (χ4v) is 4.94. The third-order valence-electron chi connectivity index (χ3n) is 6.84. The van der Waals surface area contributed by atoms with E-state index in [1.165, 1.54) is 4.90 Å². The largest absolute Gasteiger partial charge is 0.497 e. The number of hydrogen-bond donors (Lipinski definition) is 1. The maximum absolute atomic E-state index is 14.3. The van der Waals surface area contributed by atoms with Crippen LogP contribution in [0.5, 0.6) is 11.5 Å². The van der Waals surface area contributed by atoms with Crippen LogP contribution in [0, 0.1) is 0 Å². The van der Waals surface area contributed by atoms with E-state index in [1.54, 1.807) is 42.1 Å². The zero-order valence-electron chi connectivity index (χ0n) is 22.7. The van der Waals surface area contributed by atoms with E-state index in [9.17, 15) is 9.59 Å². The standard InChI is InChI=1S/C30H33N5O5/c1-3-39-27-16-7-6-15-26(27)35(28(36)20-34-25-14-5-4-13-24(25)32-33-34)29(21-10-8-11-22(18-21)38-2)30(37)31-19-23-12-9-17-40-23/h4-8,10-11,13-16,18,23,29H,3,9,12,17,19-20H2,1-2H3,(H,31,37)/t23-,29-/m0/s1. The SMILES string of the molecule is CCOc1ccccc1N(C(=O)Cn1nnc2ccccc21)[C@H](C(=O)NC[C@@H]1CCCO1)c1cccc(OC)c1. The van der Waals surface area contributed by atoms with E-state index in [0.29, 0.717) is 48.0 Å². The van der Waals surface area contributed by atoms with Gasteiger partial charge >= 0.3 is 0 Å². The smallest absolute Gasteiger partial charge is 0.249 e. The Hall–Kier alpha value is -4.44. The van der Waals surface area contributed by atoms with Gasteiger partial charge in [-0.2, -0.15) is 0 Å². The molecule has 1 aliphatic heterocycles. The molecule has 1 N–H and O–H groups in total. The van der Waals surface area contributed by atoms with E-state index in [4.69, 9.17) is 14.2 Å². The number of methoxy groups -OCH3 is 1. The van der Waals surface area contributed by atoms with E-state index in [2.05, 4.69) is 15.6 Å². The van der Waals surface area contributed by atoms with Gasteiger partial charge in [0, 0.05) is 13.2 Å². The highest BCUT2D eigenvalue weighted by Crippen LogP contribution is 2.36. The van der Waals surface area contributed by atoms with E-state index >= 15 is 0 Å². The number of fused-ring (bicyclic) bond motifs is 1. The van der Waals surface area contributed by atoms with Crippen LogP contribution < -0.4 is 19.7 Å². The van der Waals surface area contributed by atoms with Crippen LogP contribution in [0.2, 0.25) is 0 Å². The van der Waals surface area contributed by atoms with Crippen LogP contribution >= 0.6 is 0 Å². The first kappa shape index (κ1) is 27.1. The number of carbonyl (C=O) groups is 2. The lowest BCUT2D eigenvalue weighted by Crippen LogP contribution is -2.46. The van der Waals surface area contributed by atoms with Gasteiger partial charge in [-0.15, -0.1) is 5.10 Å². The summed E-state index contributed by atoms with van der Waals surface area (Å²) in [4.78, 5) is 29.8. The van der Waals surface area contributed by atoms with E-state index < -0.39 is 6.04 Å². The summed E-state index contributed by atoms with van der Waals surface area (Å²) in [5, 5.41) is 11.4. The third kappa shape index (κ3) is 5.91. The number of aromatic nitrogens is 3. The van der Waals surface area contributed by atoms with E-state index in [-0.39, 0.29) is 24.5 Å². The molecule has 208 valence electrons. The monoisotopic (exact) mass is 543 g/mol. The molecular weight excluding hydrogens is 510 g/mol. The molecule has 0 aliphatic carbocycles. The van der Waals surface area contributed by atoms with E-state index in [1.807, 2.05) is 49.4 Å². The molecule has 0 saturated carbocycles. The Morgan fingerprint density at radius 3 is 2.75 bits per heavy atom. The lowest BCUT2D eigenvalue weighted by atomic mass is 10.0. The predicted octanol–water partition coefficient (Wildman–Crippen LogP) is 3.91. The summed E-state index contributed by atoms with van der Waals surface area (Å²) in [6, 6.07) is 20.8. The zero-order chi connectivity index (χ0) is 27.9. The Morgan fingerprint density at radius 2 is 1.95 bits per heavy atom. The Bertz CT molecular complexity index is 1470. The number of carbonyl (C=O) groups excluding carboxylic acids is 2. The molecule has 3 aromatic carbocycles. The molecule has 10 nitrogen and oxygen atoms in total. The minimum Gasteiger partial charge on any atom is -0.497 e. The molecule has 10 heteroatoms. The molecule has 1 aromatic heterocycles. The second-order valence-corrected chi connectivity index (χ2v) is 9.46. The van der Waals surface area contributed by atoms with Crippen molar-refractivity contribution in [3.05, 3.63) is 78.4 Å². The molecule has 1 fully saturated rings. The molecule has 1 saturated heterocycles. The summed E-state index contributed by atoms with van der Waals surface area (Å²) in [7, 11) is 1.56. The molecule has 4 aromatic rings. The molecule has 0 spiro atoms. The van der Waals surface area contributed by atoms with Gasteiger partial charge in [0.05, 0.1) is 31.0 Å². The summed E-state index contributed by atoms with van der Waals surface area (Å²) in [5.74, 6) is 0.360. The highest BCUT2D eigenvalue weighted by atomic mass is 16.5. The maximum Gasteiger partial charge on any atom is 0.249 e. The van der Waals surface area contributed by atoms with Gasteiger partial charge < -0.3 is 19.5 Å². The summed E-state index contributed by atoms with van der Waals surface area (Å²) in [6.45, 7) is 3.15. The molecule has 2 heterocycles. The number of amides is 2. The maximum atomic E-state index is 14.3. The summed E-state index contributed by atoms with van der Waals surface area (Å²) in [6.07, 6.45) is 1.77. The summed E-state index contributed by atoms with van der Waals surface area (Å²) < 4.78 is 18.7. The first-order valence-electron chi connectivity index (χ1n) is 13.4. The van der Waals surface area contributed by atoms with Crippen molar-refractivity contribution in [2.24, 2.45) is 0 Å². The number of para-hydroxylation sites is 3. The lowest BCUT2D eigenvalue weighted by molar-refractivity contribution is -0.127. The fourth-order valence-electron chi connectivity index (χ4n) is 4.94. The van der Waals surface area contributed by atoms with Gasteiger partial charge in [-0.1, -0.05) is 41.6 Å². The number of nitrogens with one attached hydrogen (secondary N) is 1. The Morgan fingerprint density at radius 1 is 1.12 bits per heavy atom. The Balaban J connectivity index is 1.59. The topological polar surface area (TPSA) is 108 Å². The van der Waals surface area contributed by atoms with Crippen molar-refractivity contribution in [2.75, 3.05) is 31.8 Å². The molecule has 1 aliphatic rings. The predicted molar refractivity (Wildman–Crippen MR) is 150 cm³/mol. The second kappa shape index (κ2) is 12.6. The first-order valence-corrected chi connectivity index (χ1v) is 13.4. The van der Waals surface area contributed by atoms with Gasteiger partial charge in [0.1, 0.15) is 29.6 Å². The number of ether oxygens (including phenoxy) is 3. The van der Waals surface area contributed by atoms with Gasteiger partial charge in [-0.05, 0) is 61.7 Å². The molecule has 40 heavy (non-hydrogen) atoms. The van der Waals surface area contributed by atoms with E-state index in [0.717, 1.165) is 18.4 Å². The van der Waals surface area contributed by atoms with Crippen LogP contribution in [-0.2, 0) is 20.9 Å². The molecule has 2 atom stereocenters. The second-order valence-electron chi connectivity index (χ2n) is 9.46. The van der Waals surface area contributed by atoms with Crippen LogP contribution in [0.15, 0.2) is 72.8 Å². The van der Waals surface area contributed by atoms with Gasteiger partial charge in [0.25, 0.3) is 0 Å². The number of benzene rings is 3. The Labute approximate surface area is 232 Å². The van der Waals surface area contributed by atoms with Crippen LogP contribution in [0.25, 0.3) is 11.0 Å². The van der Waals surface area contributed by atoms with Crippen LogP contribution in [0.3, 0.4) is 0 Å². The first-order chi connectivity index (χ1) is 19.6. The van der Waals surface area contributed by atoms with Gasteiger partial charge in [-0.25, -0.2) is 4.68 Å². The Kier molecular flexibility index (Phi) is 8.56. The molecule has 0 radical (unpaired) electrons. The number of anilines is 1. The van der Waals surface area contributed by atoms with Crippen molar-refractivity contribution >= 4 is 28.5 Å². The molecular formula is C30H33N5O5. The van der Waals surface area contributed by atoms with Crippen molar-refractivity contribution in [2.45, 2.75) is 38.5 Å². The summed E-state index contributed by atoms with van der Waals surface area (Å²) >= 11 is 0. The van der Waals surface area contributed by atoms with Crippen molar-refractivity contribution in [3.8, 4) is 11.5 Å². The average Bonchev–Trinajstić information content (AvgIpc) is 3.66. The minimum atomic E-state index is -1.03. The zero-order valence-corrected chi connectivity index (χ0v) is 22.7. The van der Waals surface area contributed by atoms with Crippen molar-refractivity contribution < 1.29 is 23.8 Å². The number of nitrogens with zero attached hydrogens (tertiary/aromatic N) is 4. The number of rotatable bonds is 11. The van der Waals surface area contributed by atoms with Gasteiger partial charge in [0.15, 0.2) is 0 Å². The minimum absolute atomic E-state index is 0.0590. The lowest BCUT2D eigenvalue weighted by Gasteiger charge is -2.33. The average molecular weight is 544 g/mol. The summed E-state index contributed by atoms with van der Waals surface area (Å²) in [5.41, 5.74) is 2.45. The van der Waals surface area contributed by atoms with Crippen LogP contribution in [0.4, 0.5) is 5.69 Å². The van der Waals surface area contributed by atoms with Gasteiger partial charge in [0.2, 0.25) is 11.8 Å². The van der Waals surface area contributed by atoms with Crippen LogP contribution in [0.1, 0.15) is 31.4 Å². The highest BCUT2D eigenvalue weighted by molar-refractivity contribution is 6.02. The molecule has 5 rings (SSSR count). The number of hydrogen-bond acceptors (Lipinski definition) is 7. The molecule has 0 unspecified atom stereocenters. The molecule has 0 bridgehead atoms. The van der Waals surface area contributed by atoms with Gasteiger partial charge in [-0.3, -0.25) is 14.5 Å². The van der Waals surface area contributed by atoms with Crippen molar-refractivity contribution in [3.63, 3.8) is 0 Å². The van der Waals surface area contributed by atoms with Crippen LogP contribution in [-0.4, -0.2) is 59.8 Å². The fraction of sp³-hybridized carbons (Fsp3) is 0.333. The quantitative estimate of drug-likeness (QED) is 0.306. The normalized spacial score (nSPS) is 15.5. The highest BCUT2D eigenvalue weighted by Gasteiger charge is 2.35. The van der Waals surface area contributed by atoms with Crippen molar-refractivity contribution in [1.29, 1.82) is 0 Å².